The van der Waals surface area contributed by atoms with E-state index in [4.69, 9.17) is 0 Å². The van der Waals surface area contributed by atoms with Crippen LogP contribution in [0.3, 0.4) is 0 Å². The zero-order valence-electron chi connectivity index (χ0n) is 11.0. The number of nitrogens with one attached hydrogen (secondary N) is 1. The molecule has 1 N–H and O–H groups in total. The van der Waals surface area contributed by atoms with Gasteiger partial charge in [-0.3, -0.25) is 0 Å². The first-order valence-corrected chi connectivity index (χ1v) is 6.39. The fraction of sp³-hybridized carbons (Fsp3) is 0.571. The maximum atomic E-state index is 13.5. The Morgan fingerprint density at radius 2 is 1.88 bits per heavy atom. The van der Waals surface area contributed by atoms with E-state index >= 15 is 0 Å². The molecular weight excluding hydrogens is 215 g/mol. The number of nitrogens with zero attached hydrogens (tertiary/aromatic N) is 1. The second kappa shape index (κ2) is 7.41. The molecule has 0 aromatic heterocycles. The van der Waals surface area contributed by atoms with Crippen LogP contribution in [0.15, 0.2) is 24.3 Å². The molecule has 0 amide bonds. The number of hydrogen-bond acceptors (Lipinski definition) is 2. The summed E-state index contributed by atoms with van der Waals surface area (Å²) in [6.07, 6.45) is 0. The van der Waals surface area contributed by atoms with Crippen LogP contribution < -0.4 is 5.32 Å². The van der Waals surface area contributed by atoms with Gasteiger partial charge >= 0.3 is 0 Å². The first-order chi connectivity index (χ1) is 8.19. The summed E-state index contributed by atoms with van der Waals surface area (Å²) in [6.45, 7) is 10.3. The molecule has 96 valence electrons. The molecular formula is C14H23FN2. The minimum Gasteiger partial charge on any atom is -0.309 e. The van der Waals surface area contributed by atoms with Gasteiger partial charge < -0.3 is 10.2 Å². The monoisotopic (exact) mass is 238 g/mol. The summed E-state index contributed by atoms with van der Waals surface area (Å²) >= 11 is 0. The van der Waals surface area contributed by atoms with Crippen LogP contribution >= 0.6 is 0 Å². The molecule has 17 heavy (non-hydrogen) atoms. The van der Waals surface area contributed by atoms with Gasteiger partial charge in [-0.05, 0) is 26.1 Å². The van der Waals surface area contributed by atoms with Gasteiger partial charge in [-0.15, -0.1) is 0 Å². The highest BCUT2D eigenvalue weighted by Gasteiger charge is 2.09. The average Bonchev–Trinajstić information content (AvgIpc) is 2.35. The fourth-order valence-corrected chi connectivity index (χ4v) is 1.92. The standard InChI is InChI=1S/C14H23FN2/c1-4-17(5-2)11-10-16-12(3)13-8-6-7-9-14(13)15/h6-9,12,16H,4-5,10-11H2,1-3H3/t12-/m1/s1. The van der Waals surface area contributed by atoms with E-state index < -0.39 is 0 Å². The lowest BCUT2D eigenvalue weighted by molar-refractivity contribution is 0.297. The highest BCUT2D eigenvalue weighted by Crippen LogP contribution is 2.15. The van der Waals surface area contributed by atoms with Crippen molar-refractivity contribution >= 4 is 0 Å². The third-order valence-corrected chi connectivity index (χ3v) is 3.14. The van der Waals surface area contributed by atoms with Crippen molar-refractivity contribution in [3.8, 4) is 0 Å². The number of likely N-dealkylation sites (N-methyl/N-ethyl adjacent to an activating group) is 1. The van der Waals surface area contributed by atoms with Crippen LogP contribution in [0, 0.1) is 5.82 Å². The first-order valence-electron chi connectivity index (χ1n) is 6.39. The predicted octanol–water partition coefficient (Wildman–Crippen LogP) is 2.82. The van der Waals surface area contributed by atoms with Crippen LogP contribution in [0.4, 0.5) is 4.39 Å². The van der Waals surface area contributed by atoms with E-state index in [0.29, 0.717) is 0 Å². The van der Waals surface area contributed by atoms with Crippen LogP contribution in [0.25, 0.3) is 0 Å². The molecule has 1 aromatic carbocycles. The smallest absolute Gasteiger partial charge is 0.127 e. The minimum absolute atomic E-state index is 0.0618. The van der Waals surface area contributed by atoms with E-state index in [1.807, 2.05) is 19.1 Å². The average molecular weight is 238 g/mol. The molecule has 0 bridgehead atoms. The molecule has 0 fully saturated rings. The van der Waals surface area contributed by atoms with Crippen molar-refractivity contribution in [3.63, 3.8) is 0 Å². The minimum atomic E-state index is -0.129. The number of hydrogen-bond donors (Lipinski definition) is 1. The van der Waals surface area contributed by atoms with E-state index in [1.165, 1.54) is 6.07 Å². The van der Waals surface area contributed by atoms with E-state index in [0.717, 1.165) is 31.7 Å². The van der Waals surface area contributed by atoms with Gasteiger partial charge in [0, 0.05) is 24.7 Å². The Morgan fingerprint density at radius 3 is 2.47 bits per heavy atom. The lowest BCUT2D eigenvalue weighted by Crippen LogP contribution is -2.33. The molecule has 0 aliphatic heterocycles. The molecule has 0 heterocycles. The summed E-state index contributed by atoms with van der Waals surface area (Å²) in [4.78, 5) is 2.35. The van der Waals surface area contributed by atoms with Crippen molar-refractivity contribution in [2.24, 2.45) is 0 Å². The maximum absolute atomic E-state index is 13.5. The van der Waals surface area contributed by atoms with Crippen molar-refractivity contribution in [2.45, 2.75) is 26.8 Å². The SMILES string of the molecule is CCN(CC)CCN[C@H](C)c1ccccc1F. The van der Waals surface area contributed by atoms with Gasteiger partial charge in [-0.25, -0.2) is 4.39 Å². The van der Waals surface area contributed by atoms with Crippen molar-refractivity contribution in [3.05, 3.63) is 35.6 Å². The van der Waals surface area contributed by atoms with Crippen molar-refractivity contribution in [1.29, 1.82) is 0 Å². The molecule has 0 aliphatic rings. The van der Waals surface area contributed by atoms with Gasteiger partial charge in [0.05, 0.1) is 0 Å². The normalized spacial score (nSPS) is 13.0. The highest BCUT2D eigenvalue weighted by molar-refractivity contribution is 5.20. The molecule has 2 nitrogen and oxygen atoms in total. The van der Waals surface area contributed by atoms with Crippen LogP contribution in [0.1, 0.15) is 32.4 Å². The van der Waals surface area contributed by atoms with E-state index in [1.54, 1.807) is 6.07 Å². The third kappa shape index (κ3) is 4.44. The molecule has 1 atom stereocenters. The van der Waals surface area contributed by atoms with Crippen LogP contribution in [0.2, 0.25) is 0 Å². The van der Waals surface area contributed by atoms with Crippen LogP contribution in [-0.2, 0) is 0 Å². The topological polar surface area (TPSA) is 15.3 Å². The summed E-state index contributed by atoms with van der Waals surface area (Å²) in [5.74, 6) is -0.129. The number of halogens is 1. The quantitative estimate of drug-likeness (QED) is 0.786. The molecule has 0 radical (unpaired) electrons. The van der Waals surface area contributed by atoms with Crippen molar-refractivity contribution < 1.29 is 4.39 Å². The zero-order valence-corrected chi connectivity index (χ0v) is 11.0. The number of benzene rings is 1. The summed E-state index contributed by atoms with van der Waals surface area (Å²) in [5, 5.41) is 3.36. The van der Waals surface area contributed by atoms with Gasteiger partial charge in [-0.2, -0.15) is 0 Å². The van der Waals surface area contributed by atoms with Crippen molar-refractivity contribution in [1.82, 2.24) is 10.2 Å². The molecule has 1 rings (SSSR count). The Kier molecular flexibility index (Phi) is 6.16. The molecule has 0 saturated carbocycles. The van der Waals surface area contributed by atoms with E-state index in [-0.39, 0.29) is 11.9 Å². The molecule has 1 aromatic rings. The second-order valence-electron chi connectivity index (χ2n) is 4.22. The highest BCUT2D eigenvalue weighted by atomic mass is 19.1. The largest absolute Gasteiger partial charge is 0.309 e. The number of rotatable bonds is 7. The Labute approximate surface area is 104 Å². The molecule has 0 aliphatic carbocycles. The zero-order chi connectivity index (χ0) is 12.7. The van der Waals surface area contributed by atoms with Gasteiger partial charge in [0.2, 0.25) is 0 Å². The Hall–Kier alpha value is -0.930. The second-order valence-corrected chi connectivity index (χ2v) is 4.22. The molecule has 0 spiro atoms. The van der Waals surface area contributed by atoms with Crippen molar-refractivity contribution in [2.75, 3.05) is 26.2 Å². The molecule has 0 saturated heterocycles. The lowest BCUT2D eigenvalue weighted by atomic mass is 10.1. The van der Waals surface area contributed by atoms with Crippen LogP contribution in [-0.4, -0.2) is 31.1 Å². The van der Waals surface area contributed by atoms with Crippen LogP contribution in [0.5, 0.6) is 0 Å². The third-order valence-electron chi connectivity index (χ3n) is 3.14. The molecule has 0 unspecified atom stereocenters. The maximum Gasteiger partial charge on any atom is 0.127 e. The predicted molar refractivity (Wildman–Crippen MR) is 70.6 cm³/mol. The summed E-state index contributed by atoms with van der Waals surface area (Å²) in [7, 11) is 0. The van der Waals surface area contributed by atoms with E-state index in [2.05, 4.69) is 24.1 Å². The van der Waals surface area contributed by atoms with Gasteiger partial charge in [0.15, 0.2) is 0 Å². The lowest BCUT2D eigenvalue weighted by Gasteiger charge is -2.20. The van der Waals surface area contributed by atoms with Gasteiger partial charge in [0.1, 0.15) is 5.82 Å². The molecule has 3 heteroatoms. The first kappa shape index (κ1) is 14.1. The fourth-order valence-electron chi connectivity index (χ4n) is 1.92. The Morgan fingerprint density at radius 1 is 1.24 bits per heavy atom. The van der Waals surface area contributed by atoms with E-state index in [9.17, 15) is 4.39 Å². The van der Waals surface area contributed by atoms with Gasteiger partial charge in [0.25, 0.3) is 0 Å². The summed E-state index contributed by atoms with van der Waals surface area (Å²) < 4.78 is 13.5. The van der Waals surface area contributed by atoms with Gasteiger partial charge in [-0.1, -0.05) is 32.0 Å². The Balaban J connectivity index is 2.40. The Bertz CT molecular complexity index is 324. The summed E-state index contributed by atoms with van der Waals surface area (Å²) in [5.41, 5.74) is 0.743. The summed E-state index contributed by atoms with van der Waals surface area (Å²) in [6, 6.07) is 7.01.